The third kappa shape index (κ3) is 4.32. The quantitative estimate of drug-likeness (QED) is 0.624. The highest BCUT2D eigenvalue weighted by Gasteiger charge is 2.54. The summed E-state index contributed by atoms with van der Waals surface area (Å²) in [7, 11) is 0. The minimum Gasteiger partial charge on any atom is -0.347 e. The van der Waals surface area contributed by atoms with Crippen molar-refractivity contribution in [3.8, 4) is 0 Å². The van der Waals surface area contributed by atoms with E-state index >= 15 is 0 Å². The Morgan fingerprint density at radius 3 is 2.26 bits per heavy atom. The molecule has 182 valence electrons. The number of fused-ring (bicyclic) bond motifs is 1. The Hall–Kier alpha value is -2.83. The van der Waals surface area contributed by atoms with Crippen LogP contribution in [0.4, 0.5) is 5.69 Å². The van der Waals surface area contributed by atoms with Crippen molar-refractivity contribution >= 4 is 34.3 Å². The first-order valence-corrected chi connectivity index (χ1v) is 12.8. The lowest BCUT2D eigenvalue weighted by molar-refractivity contribution is -0.146. The molecule has 0 radical (unpaired) electrons. The molecule has 4 aliphatic rings. The highest BCUT2D eigenvalue weighted by molar-refractivity contribution is 5.97. The van der Waals surface area contributed by atoms with Gasteiger partial charge in [-0.1, -0.05) is 0 Å². The first-order valence-electron chi connectivity index (χ1n) is 12.8. The lowest BCUT2D eigenvalue weighted by Gasteiger charge is -2.55. The van der Waals surface area contributed by atoms with Crippen LogP contribution in [0.1, 0.15) is 52.4 Å². The summed E-state index contributed by atoms with van der Waals surface area (Å²) in [6, 6.07) is 7.63. The molecule has 4 bridgehead atoms. The summed E-state index contributed by atoms with van der Waals surface area (Å²) in [6.07, 6.45) is 8.77. The number of benzene rings is 1. The molecule has 4 saturated carbocycles. The number of likely N-dealkylation sites (N-methyl/N-ethyl adjacent to an activating group) is 1. The molecule has 34 heavy (non-hydrogen) atoms. The van der Waals surface area contributed by atoms with E-state index in [4.69, 9.17) is 0 Å². The molecule has 7 heteroatoms. The molecular weight excluding hydrogens is 428 g/mol. The van der Waals surface area contributed by atoms with E-state index in [0.29, 0.717) is 43.1 Å². The SMILES string of the molecule is CCN(CC)C(=O)Cn1ccc2cc(NC(=O)CNC(=O)C34CC5CC(CC(C5)C3)C4)ccc21. The number of nitrogens with one attached hydrogen (secondary N) is 2. The van der Waals surface area contributed by atoms with Gasteiger partial charge in [-0.05, 0) is 94.4 Å². The van der Waals surface area contributed by atoms with Crippen LogP contribution in [0.2, 0.25) is 0 Å². The van der Waals surface area contributed by atoms with Crippen molar-refractivity contribution in [1.82, 2.24) is 14.8 Å². The van der Waals surface area contributed by atoms with Crippen LogP contribution in [-0.4, -0.2) is 46.8 Å². The topological polar surface area (TPSA) is 83.4 Å². The fourth-order valence-electron chi connectivity index (χ4n) is 7.18. The lowest BCUT2D eigenvalue weighted by Crippen LogP contribution is -2.54. The minimum absolute atomic E-state index is 0.00198. The van der Waals surface area contributed by atoms with Gasteiger partial charge in [0, 0.05) is 41.3 Å². The van der Waals surface area contributed by atoms with Crippen molar-refractivity contribution in [2.75, 3.05) is 25.0 Å². The van der Waals surface area contributed by atoms with Crippen LogP contribution in [-0.2, 0) is 20.9 Å². The van der Waals surface area contributed by atoms with Gasteiger partial charge in [-0.25, -0.2) is 0 Å². The van der Waals surface area contributed by atoms with Gasteiger partial charge in [0.05, 0.1) is 6.54 Å². The predicted octanol–water partition coefficient (Wildman–Crippen LogP) is 3.78. The highest BCUT2D eigenvalue weighted by Crippen LogP contribution is 2.60. The summed E-state index contributed by atoms with van der Waals surface area (Å²) in [6.45, 7) is 5.66. The molecular formula is C27H36N4O3. The molecule has 1 heterocycles. The molecule has 0 saturated heterocycles. The molecule has 0 unspecified atom stereocenters. The van der Waals surface area contributed by atoms with Gasteiger partial charge in [-0.2, -0.15) is 0 Å². The van der Waals surface area contributed by atoms with Crippen molar-refractivity contribution in [2.24, 2.45) is 23.2 Å². The molecule has 2 aromatic rings. The molecule has 0 atom stereocenters. The van der Waals surface area contributed by atoms with Gasteiger partial charge in [0.2, 0.25) is 17.7 Å². The molecule has 4 fully saturated rings. The van der Waals surface area contributed by atoms with Crippen molar-refractivity contribution < 1.29 is 14.4 Å². The molecule has 1 aromatic carbocycles. The smallest absolute Gasteiger partial charge is 0.243 e. The van der Waals surface area contributed by atoms with Gasteiger partial charge in [0.1, 0.15) is 6.54 Å². The Morgan fingerprint density at radius 2 is 1.65 bits per heavy atom. The van der Waals surface area contributed by atoms with E-state index < -0.39 is 0 Å². The summed E-state index contributed by atoms with van der Waals surface area (Å²) < 4.78 is 1.94. The van der Waals surface area contributed by atoms with Crippen LogP contribution in [0, 0.1) is 23.2 Å². The fraction of sp³-hybridized carbons (Fsp3) is 0.593. The number of carbonyl (C=O) groups is 3. The second-order valence-electron chi connectivity index (χ2n) is 10.7. The first kappa shape index (κ1) is 22.9. The predicted molar refractivity (Wildman–Crippen MR) is 132 cm³/mol. The van der Waals surface area contributed by atoms with Crippen LogP contribution >= 0.6 is 0 Å². The number of rotatable bonds is 8. The molecule has 3 amide bonds. The number of aromatic nitrogens is 1. The average molecular weight is 465 g/mol. The number of nitrogens with zero attached hydrogens (tertiary/aromatic N) is 2. The zero-order valence-corrected chi connectivity index (χ0v) is 20.3. The highest BCUT2D eigenvalue weighted by atomic mass is 16.2. The zero-order chi connectivity index (χ0) is 23.9. The van der Waals surface area contributed by atoms with Crippen LogP contribution in [0.5, 0.6) is 0 Å². The van der Waals surface area contributed by atoms with E-state index in [1.807, 2.05) is 53.8 Å². The monoisotopic (exact) mass is 464 g/mol. The number of anilines is 1. The number of amides is 3. The maximum Gasteiger partial charge on any atom is 0.243 e. The summed E-state index contributed by atoms with van der Waals surface area (Å²) in [5.74, 6) is 2.06. The van der Waals surface area contributed by atoms with E-state index in [2.05, 4.69) is 10.6 Å². The largest absolute Gasteiger partial charge is 0.347 e. The number of hydrogen-bond acceptors (Lipinski definition) is 3. The van der Waals surface area contributed by atoms with E-state index in [0.717, 1.165) is 30.2 Å². The number of hydrogen-bond donors (Lipinski definition) is 2. The molecule has 2 N–H and O–H groups in total. The first-order chi connectivity index (χ1) is 16.4. The number of carbonyl (C=O) groups excluding carboxylic acids is 3. The molecule has 4 aliphatic carbocycles. The average Bonchev–Trinajstić information content (AvgIpc) is 3.19. The standard InChI is InChI=1S/C27H36N4O3/c1-3-30(4-2)25(33)17-31-8-7-21-12-22(5-6-23(21)31)29-24(32)16-28-26(34)27-13-18-9-19(14-27)11-20(10-18)15-27/h5-8,12,18-20H,3-4,9-11,13-17H2,1-2H3,(H,28,34)(H,29,32). The normalized spacial score (nSPS) is 27.1. The van der Waals surface area contributed by atoms with Crippen molar-refractivity contribution in [3.63, 3.8) is 0 Å². The van der Waals surface area contributed by atoms with Crippen molar-refractivity contribution in [3.05, 3.63) is 30.5 Å². The summed E-state index contributed by atoms with van der Waals surface area (Å²) in [5.41, 5.74) is 1.40. The van der Waals surface area contributed by atoms with Crippen molar-refractivity contribution in [2.45, 2.75) is 58.9 Å². The van der Waals surface area contributed by atoms with Gasteiger partial charge >= 0.3 is 0 Å². The van der Waals surface area contributed by atoms with Crippen molar-refractivity contribution in [1.29, 1.82) is 0 Å². The Morgan fingerprint density at radius 1 is 1.00 bits per heavy atom. The third-order valence-electron chi connectivity index (χ3n) is 8.41. The zero-order valence-electron chi connectivity index (χ0n) is 20.3. The Labute approximate surface area is 201 Å². The fourth-order valence-corrected chi connectivity index (χ4v) is 7.18. The van der Waals surface area contributed by atoms with Crippen LogP contribution in [0.3, 0.4) is 0 Å². The molecule has 0 aliphatic heterocycles. The summed E-state index contributed by atoms with van der Waals surface area (Å²) in [5, 5.41) is 6.82. The molecule has 0 spiro atoms. The minimum atomic E-state index is -0.237. The summed E-state index contributed by atoms with van der Waals surface area (Å²) >= 11 is 0. The Bertz CT molecular complexity index is 1070. The second kappa shape index (κ2) is 9.08. The van der Waals surface area contributed by atoms with Gasteiger partial charge < -0.3 is 20.1 Å². The second-order valence-corrected chi connectivity index (χ2v) is 10.7. The molecule has 1 aromatic heterocycles. The Kier molecular flexibility index (Phi) is 6.13. The third-order valence-corrected chi connectivity index (χ3v) is 8.41. The van der Waals surface area contributed by atoms with Crippen LogP contribution in [0.15, 0.2) is 30.5 Å². The van der Waals surface area contributed by atoms with Gasteiger partial charge in [-0.3, -0.25) is 14.4 Å². The van der Waals surface area contributed by atoms with Gasteiger partial charge in [-0.15, -0.1) is 0 Å². The Balaban J connectivity index is 1.17. The lowest BCUT2D eigenvalue weighted by atomic mass is 9.49. The van der Waals surface area contributed by atoms with Crippen LogP contribution < -0.4 is 10.6 Å². The maximum atomic E-state index is 13.1. The van der Waals surface area contributed by atoms with E-state index in [1.165, 1.54) is 19.3 Å². The van der Waals surface area contributed by atoms with E-state index in [-0.39, 0.29) is 29.7 Å². The molecule has 7 nitrogen and oxygen atoms in total. The van der Waals surface area contributed by atoms with E-state index in [1.54, 1.807) is 0 Å². The van der Waals surface area contributed by atoms with Gasteiger partial charge in [0.15, 0.2) is 0 Å². The maximum absolute atomic E-state index is 13.1. The van der Waals surface area contributed by atoms with E-state index in [9.17, 15) is 14.4 Å². The van der Waals surface area contributed by atoms with Gasteiger partial charge in [0.25, 0.3) is 0 Å². The van der Waals surface area contributed by atoms with Crippen LogP contribution in [0.25, 0.3) is 10.9 Å². The molecule has 6 rings (SSSR count). The summed E-state index contributed by atoms with van der Waals surface area (Å²) in [4.78, 5) is 40.0.